The van der Waals surface area contributed by atoms with Crippen LogP contribution in [0.25, 0.3) is 10.9 Å². The smallest absolute Gasteiger partial charge is 0.409 e. The van der Waals surface area contributed by atoms with Crippen LogP contribution < -0.4 is 10.1 Å². The van der Waals surface area contributed by atoms with Crippen LogP contribution >= 0.6 is 11.6 Å². The number of aliphatic carboxylic acids is 2. The van der Waals surface area contributed by atoms with Crippen LogP contribution in [-0.2, 0) is 19.1 Å². The van der Waals surface area contributed by atoms with Crippen molar-refractivity contribution >= 4 is 52.4 Å². The Bertz CT molecular complexity index is 1590. The third kappa shape index (κ3) is 8.18. The van der Waals surface area contributed by atoms with Gasteiger partial charge in [-0.2, -0.15) is 0 Å². The van der Waals surface area contributed by atoms with Crippen molar-refractivity contribution in [2.24, 2.45) is 0 Å². The number of ether oxygens (including phenoxy) is 2. The Balaban J connectivity index is 1.63. The lowest BCUT2D eigenvalue weighted by Crippen LogP contribution is -2.56. The SMILES string of the molecule is CCOC(=O)N1CCN(C(=O)[C@H](CCC(=O)O)NC(=O)c2cc(OC(C(=O)O)c3ccccc3)c3cc(Cl)c(C)cc3n2)CC1. The zero-order valence-electron chi connectivity index (χ0n) is 24.7. The number of carboxylic acids is 2. The maximum atomic E-state index is 13.6. The molecule has 4 rings (SSSR count). The fraction of sp³-hybridized carbons (Fsp3) is 0.355. The van der Waals surface area contributed by atoms with E-state index < -0.39 is 48.4 Å². The van der Waals surface area contributed by atoms with Crippen molar-refractivity contribution in [2.45, 2.75) is 38.8 Å². The van der Waals surface area contributed by atoms with Crippen LogP contribution in [0.4, 0.5) is 4.79 Å². The molecule has 45 heavy (non-hydrogen) atoms. The Kier molecular flexibility index (Phi) is 10.8. The minimum absolute atomic E-state index is 0.0202. The molecule has 3 amide bonds. The molecule has 1 saturated heterocycles. The van der Waals surface area contributed by atoms with Gasteiger partial charge in [0.15, 0.2) is 0 Å². The van der Waals surface area contributed by atoms with Gasteiger partial charge in [0, 0.05) is 54.6 Å². The second kappa shape index (κ2) is 14.7. The van der Waals surface area contributed by atoms with Gasteiger partial charge in [0.2, 0.25) is 12.0 Å². The molecular weight excluding hydrogens is 608 g/mol. The Morgan fingerprint density at radius 3 is 2.29 bits per heavy atom. The van der Waals surface area contributed by atoms with E-state index in [1.807, 2.05) is 0 Å². The molecule has 1 aliphatic rings. The van der Waals surface area contributed by atoms with Gasteiger partial charge in [-0.3, -0.25) is 14.4 Å². The van der Waals surface area contributed by atoms with E-state index in [4.69, 9.17) is 21.1 Å². The van der Waals surface area contributed by atoms with Crippen LogP contribution in [0.3, 0.4) is 0 Å². The molecule has 2 atom stereocenters. The van der Waals surface area contributed by atoms with E-state index in [1.54, 1.807) is 56.3 Å². The number of halogens is 1. The third-order valence-electron chi connectivity index (χ3n) is 7.22. The highest BCUT2D eigenvalue weighted by Crippen LogP contribution is 2.33. The zero-order valence-corrected chi connectivity index (χ0v) is 25.5. The summed E-state index contributed by atoms with van der Waals surface area (Å²) in [4.78, 5) is 70.0. The molecule has 1 aliphatic heterocycles. The molecule has 1 fully saturated rings. The average molecular weight is 641 g/mol. The molecule has 3 aromatic rings. The van der Waals surface area contributed by atoms with E-state index in [-0.39, 0.29) is 50.7 Å². The van der Waals surface area contributed by atoms with Crippen LogP contribution in [0.15, 0.2) is 48.5 Å². The summed E-state index contributed by atoms with van der Waals surface area (Å²) in [6.45, 7) is 4.40. The number of aromatic nitrogens is 1. The van der Waals surface area contributed by atoms with E-state index in [2.05, 4.69) is 10.3 Å². The summed E-state index contributed by atoms with van der Waals surface area (Å²) in [5.74, 6) is -3.70. The molecule has 0 spiro atoms. The maximum Gasteiger partial charge on any atom is 0.409 e. The summed E-state index contributed by atoms with van der Waals surface area (Å²) in [5, 5.41) is 22.6. The number of carbonyl (C=O) groups excluding carboxylic acids is 3. The minimum atomic E-state index is -1.43. The summed E-state index contributed by atoms with van der Waals surface area (Å²) >= 11 is 6.36. The van der Waals surface area contributed by atoms with Gasteiger partial charge >= 0.3 is 18.0 Å². The molecule has 0 aliphatic carbocycles. The molecule has 0 bridgehead atoms. The first kappa shape index (κ1) is 33.0. The van der Waals surface area contributed by atoms with Gasteiger partial charge in [-0.05, 0) is 38.0 Å². The molecule has 0 radical (unpaired) electrons. The van der Waals surface area contributed by atoms with E-state index in [1.165, 1.54) is 15.9 Å². The number of aryl methyl sites for hydroxylation is 1. The monoisotopic (exact) mass is 640 g/mol. The number of benzene rings is 2. The van der Waals surface area contributed by atoms with Gasteiger partial charge in [-0.1, -0.05) is 41.9 Å². The number of carboxylic acid groups (broad SMARTS) is 2. The summed E-state index contributed by atoms with van der Waals surface area (Å²) < 4.78 is 11.0. The van der Waals surface area contributed by atoms with Crippen molar-refractivity contribution in [3.63, 3.8) is 0 Å². The van der Waals surface area contributed by atoms with E-state index in [9.17, 15) is 34.2 Å². The number of fused-ring (bicyclic) bond motifs is 1. The molecule has 1 aromatic heterocycles. The first-order valence-corrected chi connectivity index (χ1v) is 14.6. The molecule has 2 aromatic carbocycles. The van der Waals surface area contributed by atoms with Gasteiger partial charge in [-0.25, -0.2) is 14.6 Å². The number of hydrogen-bond donors (Lipinski definition) is 3. The average Bonchev–Trinajstić information content (AvgIpc) is 3.02. The summed E-state index contributed by atoms with van der Waals surface area (Å²) in [6.07, 6.45) is -2.51. The van der Waals surface area contributed by atoms with E-state index >= 15 is 0 Å². The maximum absolute atomic E-state index is 13.6. The number of carbonyl (C=O) groups is 5. The van der Waals surface area contributed by atoms with Crippen molar-refractivity contribution in [3.05, 3.63) is 70.4 Å². The van der Waals surface area contributed by atoms with Crippen molar-refractivity contribution < 1.29 is 43.7 Å². The van der Waals surface area contributed by atoms with Crippen LogP contribution in [-0.4, -0.2) is 93.7 Å². The van der Waals surface area contributed by atoms with Gasteiger partial charge in [0.1, 0.15) is 17.5 Å². The zero-order chi connectivity index (χ0) is 32.7. The van der Waals surface area contributed by atoms with Crippen molar-refractivity contribution in [1.82, 2.24) is 20.1 Å². The second-order valence-corrected chi connectivity index (χ2v) is 10.7. The summed E-state index contributed by atoms with van der Waals surface area (Å²) in [7, 11) is 0. The van der Waals surface area contributed by atoms with Crippen molar-refractivity contribution in [2.75, 3.05) is 32.8 Å². The lowest BCUT2D eigenvalue weighted by atomic mass is 10.1. The molecule has 2 heterocycles. The molecule has 0 saturated carbocycles. The van der Waals surface area contributed by atoms with Crippen molar-refractivity contribution in [1.29, 1.82) is 0 Å². The van der Waals surface area contributed by atoms with Crippen molar-refractivity contribution in [3.8, 4) is 5.75 Å². The van der Waals surface area contributed by atoms with Crippen LogP contribution in [0, 0.1) is 6.92 Å². The first-order valence-electron chi connectivity index (χ1n) is 14.3. The minimum Gasteiger partial charge on any atom is -0.481 e. The standard InChI is InChI=1S/C31H33ClN4O9/c1-3-44-31(43)36-13-11-35(12-14-36)29(40)22(9-10-26(37)38)34-28(39)24-17-25(20-16-21(32)18(2)15-23(20)33-24)45-27(30(41)42)19-7-5-4-6-8-19/h4-8,15-17,22,27H,3,9-14H2,1-2H3,(H,34,39)(H,37,38)(H,41,42)/t22-,27?/m0/s1. The van der Waals surface area contributed by atoms with Gasteiger partial charge in [0.05, 0.1) is 12.1 Å². The number of hydrogen-bond acceptors (Lipinski definition) is 8. The number of pyridine rings is 1. The Labute approximate surface area is 263 Å². The number of nitrogens with one attached hydrogen (secondary N) is 1. The van der Waals surface area contributed by atoms with Gasteiger partial charge in [-0.15, -0.1) is 0 Å². The Morgan fingerprint density at radius 1 is 1.00 bits per heavy atom. The second-order valence-electron chi connectivity index (χ2n) is 10.3. The fourth-order valence-corrected chi connectivity index (χ4v) is 5.02. The largest absolute Gasteiger partial charge is 0.481 e. The Morgan fingerprint density at radius 2 is 1.67 bits per heavy atom. The first-order chi connectivity index (χ1) is 21.5. The van der Waals surface area contributed by atoms with Crippen LogP contribution in [0.1, 0.15) is 47.5 Å². The predicted molar refractivity (Wildman–Crippen MR) is 162 cm³/mol. The fourth-order valence-electron chi connectivity index (χ4n) is 4.85. The molecule has 14 heteroatoms. The molecule has 1 unspecified atom stereocenters. The van der Waals surface area contributed by atoms with E-state index in [0.29, 0.717) is 27.1 Å². The highest BCUT2D eigenvalue weighted by molar-refractivity contribution is 6.32. The number of amides is 3. The molecule has 3 N–H and O–H groups in total. The molecular formula is C31H33ClN4O9. The lowest BCUT2D eigenvalue weighted by molar-refractivity contribution is -0.145. The lowest BCUT2D eigenvalue weighted by Gasteiger charge is -2.35. The summed E-state index contributed by atoms with van der Waals surface area (Å²) in [5.41, 5.74) is 1.12. The molecule has 13 nitrogen and oxygen atoms in total. The molecule has 238 valence electrons. The number of piperazine rings is 1. The summed E-state index contributed by atoms with van der Waals surface area (Å²) in [6, 6.07) is 11.5. The van der Waals surface area contributed by atoms with Gasteiger partial charge < -0.3 is 34.8 Å². The van der Waals surface area contributed by atoms with E-state index in [0.717, 1.165) is 0 Å². The predicted octanol–water partition coefficient (Wildman–Crippen LogP) is 3.67. The van der Waals surface area contributed by atoms with Crippen LogP contribution in [0.5, 0.6) is 5.75 Å². The number of rotatable bonds is 11. The highest BCUT2D eigenvalue weighted by atomic mass is 35.5. The quantitative estimate of drug-likeness (QED) is 0.280. The number of nitrogens with zero attached hydrogens (tertiary/aromatic N) is 3. The topological polar surface area (TPSA) is 176 Å². The van der Waals surface area contributed by atoms with Gasteiger partial charge in [0.25, 0.3) is 5.91 Å². The normalized spacial score (nSPS) is 14.4. The third-order valence-corrected chi connectivity index (χ3v) is 7.63. The highest BCUT2D eigenvalue weighted by Gasteiger charge is 2.32. The van der Waals surface area contributed by atoms with Crippen LogP contribution in [0.2, 0.25) is 5.02 Å². The Hall–Kier alpha value is -4.91.